The molecule has 0 aliphatic heterocycles. The van der Waals surface area contributed by atoms with Crippen molar-refractivity contribution >= 4 is 11.4 Å². The maximum absolute atomic E-state index is 11.5. The van der Waals surface area contributed by atoms with E-state index in [9.17, 15) is 4.79 Å². The van der Waals surface area contributed by atoms with Crippen LogP contribution in [-0.2, 0) is 0 Å². The number of Topliss-reactive ketones (excluding diaryl/α,β-unsaturated/α-hetero) is 1. The van der Waals surface area contributed by atoms with E-state index in [4.69, 9.17) is 0 Å². The van der Waals surface area contributed by atoms with Gasteiger partial charge in [-0.25, -0.2) is 9.50 Å². The lowest BCUT2D eigenvalue weighted by Crippen LogP contribution is -1.97. The van der Waals surface area contributed by atoms with Crippen LogP contribution in [0.1, 0.15) is 17.3 Å². The van der Waals surface area contributed by atoms with Gasteiger partial charge in [0, 0.05) is 11.8 Å². The molecule has 0 aliphatic carbocycles. The molecule has 0 fully saturated rings. The normalized spacial score (nSPS) is 10.7. The fraction of sp³-hybridized carbons (Fsp3) is 0.0714. The highest BCUT2D eigenvalue weighted by atomic mass is 16.1. The molecule has 18 heavy (non-hydrogen) atoms. The zero-order chi connectivity index (χ0) is 12.5. The summed E-state index contributed by atoms with van der Waals surface area (Å²) >= 11 is 0. The Morgan fingerprint density at radius 2 is 1.89 bits per heavy atom. The number of hydrogen-bond acceptors (Lipinski definition) is 3. The van der Waals surface area contributed by atoms with Gasteiger partial charge >= 0.3 is 0 Å². The van der Waals surface area contributed by atoms with Crippen LogP contribution in [0.4, 0.5) is 0 Å². The lowest BCUT2D eigenvalue weighted by atomic mass is 10.2. The summed E-state index contributed by atoms with van der Waals surface area (Å²) in [6.45, 7) is 1.53. The summed E-state index contributed by atoms with van der Waals surface area (Å²) in [5, 5.41) is 4.38. The van der Waals surface area contributed by atoms with Gasteiger partial charge in [-0.1, -0.05) is 30.3 Å². The van der Waals surface area contributed by atoms with Crippen LogP contribution in [0.25, 0.3) is 17.0 Å². The summed E-state index contributed by atoms with van der Waals surface area (Å²) in [7, 11) is 0. The number of hydrogen-bond donors (Lipinski definition) is 0. The Bertz CT molecular complexity index is 716. The average molecular weight is 237 g/mol. The molecule has 2 heterocycles. The first-order valence-corrected chi connectivity index (χ1v) is 5.67. The quantitative estimate of drug-likeness (QED) is 0.643. The number of fused-ring (bicyclic) bond motifs is 1. The molecular weight excluding hydrogens is 226 g/mol. The van der Waals surface area contributed by atoms with E-state index in [1.807, 2.05) is 30.3 Å². The van der Waals surface area contributed by atoms with Gasteiger partial charge in [0.1, 0.15) is 0 Å². The van der Waals surface area contributed by atoms with Crippen LogP contribution in [-0.4, -0.2) is 20.4 Å². The Kier molecular flexibility index (Phi) is 2.41. The molecule has 0 aliphatic rings. The third-order valence-corrected chi connectivity index (χ3v) is 2.77. The van der Waals surface area contributed by atoms with E-state index in [0.29, 0.717) is 17.0 Å². The predicted octanol–water partition coefficient (Wildman–Crippen LogP) is 2.60. The minimum Gasteiger partial charge on any atom is -0.294 e. The van der Waals surface area contributed by atoms with Gasteiger partial charge < -0.3 is 0 Å². The summed E-state index contributed by atoms with van der Waals surface area (Å²) in [5.41, 5.74) is 2.13. The summed E-state index contributed by atoms with van der Waals surface area (Å²) < 4.78 is 1.64. The van der Waals surface area contributed by atoms with Crippen LogP contribution in [0, 0.1) is 0 Å². The lowest BCUT2D eigenvalue weighted by Gasteiger charge is -1.95. The van der Waals surface area contributed by atoms with E-state index in [1.54, 1.807) is 22.8 Å². The molecule has 4 nitrogen and oxygen atoms in total. The topological polar surface area (TPSA) is 47.3 Å². The van der Waals surface area contributed by atoms with Gasteiger partial charge in [-0.15, -0.1) is 5.10 Å². The van der Waals surface area contributed by atoms with Gasteiger partial charge in [0.2, 0.25) is 0 Å². The Morgan fingerprint density at radius 3 is 2.61 bits per heavy atom. The van der Waals surface area contributed by atoms with Crippen molar-refractivity contribution in [1.29, 1.82) is 0 Å². The molecule has 1 aromatic carbocycles. The second-order valence-electron chi connectivity index (χ2n) is 4.05. The maximum atomic E-state index is 11.5. The van der Waals surface area contributed by atoms with Crippen molar-refractivity contribution < 1.29 is 4.79 Å². The van der Waals surface area contributed by atoms with E-state index < -0.39 is 0 Å². The molecule has 88 valence electrons. The Balaban J connectivity index is 2.23. The minimum absolute atomic E-state index is 0.00684. The van der Waals surface area contributed by atoms with Gasteiger partial charge in [-0.05, 0) is 19.1 Å². The lowest BCUT2D eigenvalue weighted by molar-refractivity contribution is 0.101. The van der Waals surface area contributed by atoms with Crippen LogP contribution < -0.4 is 0 Å². The van der Waals surface area contributed by atoms with E-state index in [1.165, 1.54) is 6.92 Å². The van der Waals surface area contributed by atoms with E-state index >= 15 is 0 Å². The van der Waals surface area contributed by atoms with Crippen molar-refractivity contribution in [3.63, 3.8) is 0 Å². The second-order valence-corrected chi connectivity index (χ2v) is 4.05. The number of aromatic nitrogens is 3. The van der Waals surface area contributed by atoms with Crippen LogP contribution in [0.5, 0.6) is 0 Å². The molecule has 0 bridgehead atoms. The number of rotatable bonds is 2. The SMILES string of the molecule is CC(=O)c1cccn2nc(-c3ccccc3)nc12. The van der Waals surface area contributed by atoms with Crippen LogP contribution in [0.3, 0.4) is 0 Å². The Morgan fingerprint density at radius 1 is 1.11 bits per heavy atom. The third kappa shape index (κ3) is 1.68. The first-order chi connectivity index (χ1) is 8.75. The molecule has 0 amide bonds. The molecule has 4 heteroatoms. The van der Waals surface area contributed by atoms with Crippen molar-refractivity contribution in [1.82, 2.24) is 14.6 Å². The fourth-order valence-electron chi connectivity index (χ4n) is 1.89. The minimum atomic E-state index is -0.00684. The molecule has 0 atom stereocenters. The maximum Gasteiger partial charge on any atom is 0.182 e. The highest BCUT2D eigenvalue weighted by Gasteiger charge is 2.11. The molecule has 0 saturated heterocycles. The molecule has 3 rings (SSSR count). The fourth-order valence-corrected chi connectivity index (χ4v) is 1.89. The molecule has 0 spiro atoms. The first kappa shape index (κ1) is 10.7. The number of nitrogens with zero attached hydrogens (tertiary/aromatic N) is 3. The van der Waals surface area contributed by atoms with Gasteiger partial charge in [-0.2, -0.15) is 0 Å². The Labute approximate surface area is 104 Å². The second kappa shape index (κ2) is 4.07. The average Bonchev–Trinajstić information content (AvgIpc) is 2.83. The molecule has 0 radical (unpaired) electrons. The van der Waals surface area contributed by atoms with Gasteiger partial charge in [-0.3, -0.25) is 4.79 Å². The van der Waals surface area contributed by atoms with Crippen molar-refractivity contribution in [2.24, 2.45) is 0 Å². The van der Waals surface area contributed by atoms with Crippen molar-refractivity contribution in [2.45, 2.75) is 6.92 Å². The number of carbonyl (C=O) groups is 1. The number of benzene rings is 1. The standard InChI is InChI=1S/C14H11N3O/c1-10(18)12-8-5-9-17-14(12)15-13(16-17)11-6-3-2-4-7-11/h2-9H,1H3. The summed E-state index contributed by atoms with van der Waals surface area (Å²) in [6, 6.07) is 13.3. The summed E-state index contributed by atoms with van der Waals surface area (Å²) in [6.07, 6.45) is 1.79. The number of carbonyl (C=O) groups excluding carboxylic acids is 1. The highest BCUT2D eigenvalue weighted by molar-refractivity contribution is 5.99. The molecular formula is C14H11N3O. The van der Waals surface area contributed by atoms with Crippen molar-refractivity contribution in [3.05, 3.63) is 54.2 Å². The van der Waals surface area contributed by atoms with Crippen LogP contribution >= 0.6 is 0 Å². The van der Waals surface area contributed by atoms with E-state index in [2.05, 4.69) is 10.1 Å². The van der Waals surface area contributed by atoms with Gasteiger partial charge in [0.05, 0.1) is 5.56 Å². The Hall–Kier alpha value is -2.49. The smallest absolute Gasteiger partial charge is 0.182 e. The predicted molar refractivity (Wildman–Crippen MR) is 68.4 cm³/mol. The third-order valence-electron chi connectivity index (χ3n) is 2.77. The molecule has 0 saturated carbocycles. The molecule has 0 N–H and O–H groups in total. The zero-order valence-corrected chi connectivity index (χ0v) is 9.87. The molecule has 2 aromatic heterocycles. The largest absolute Gasteiger partial charge is 0.294 e. The van der Waals surface area contributed by atoms with Crippen molar-refractivity contribution in [2.75, 3.05) is 0 Å². The van der Waals surface area contributed by atoms with Crippen LogP contribution in [0.15, 0.2) is 48.7 Å². The molecule has 3 aromatic rings. The van der Waals surface area contributed by atoms with E-state index in [0.717, 1.165) is 5.56 Å². The van der Waals surface area contributed by atoms with Crippen molar-refractivity contribution in [3.8, 4) is 11.4 Å². The molecule has 0 unspecified atom stereocenters. The number of ketones is 1. The van der Waals surface area contributed by atoms with Crippen LogP contribution in [0.2, 0.25) is 0 Å². The highest BCUT2D eigenvalue weighted by Crippen LogP contribution is 2.17. The monoisotopic (exact) mass is 237 g/mol. The summed E-state index contributed by atoms with van der Waals surface area (Å²) in [5.74, 6) is 0.622. The van der Waals surface area contributed by atoms with E-state index in [-0.39, 0.29) is 5.78 Å². The first-order valence-electron chi connectivity index (χ1n) is 5.67. The zero-order valence-electron chi connectivity index (χ0n) is 9.87. The van der Waals surface area contributed by atoms with Gasteiger partial charge in [0.25, 0.3) is 0 Å². The summed E-state index contributed by atoms with van der Waals surface area (Å²) in [4.78, 5) is 16.0. The van der Waals surface area contributed by atoms with Gasteiger partial charge in [0.15, 0.2) is 17.3 Å². The number of pyridine rings is 1.